The zero-order chi connectivity index (χ0) is 19.0. The number of ether oxygens (including phenoxy) is 2. The molecule has 0 aliphatic carbocycles. The maximum atomic E-state index is 13.0. The van der Waals surface area contributed by atoms with E-state index >= 15 is 0 Å². The van der Waals surface area contributed by atoms with Crippen molar-refractivity contribution in [1.82, 2.24) is 4.90 Å². The van der Waals surface area contributed by atoms with Gasteiger partial charge in [0.1, 0.15) is 11.4 Å². The van der Waals surface area contributed by atoms with Crippen molar-refractivity contribution < 1.29 is 23.9 Å². The van der Waals surface area contributed by atoms with Crippen LogP contribution in [0.15, 0.2) is 48.5 Å². The molecule has 1 amide bonds. The standard InChI is InChI=1S/C21H19NO5/c1-26-20(25)15-7-3-2-6-14(15)19(24)22-11-10-21(13-22)12-17(23)16-8-4-5-9-18(16)27-21/h2-9H,10-13H2,1H3. The molecule has 1 spiro atoms. The van der Waals surface area contributed by atoms with Crippen molar-refractivity contribution in [3.8, 4) is 5.75 Å². The van der Waals surface area contributed by atoms with Crippen molar-refractivity contribution in [3.63, 3.8) is 0 Å². The molecular formula is C21H19NO5. The van der Waals surface area contributed by atoms with Crippen molar-refractivity contribution in [3.05, 3.63) is 65.2 Å². The van der Waals surface area contributed by atoms with Crippen LogP contribution in [0.3, 0.4) is 0 Å². The first-order chi connectivity index (χ1) is 13.0. The third kappa shape index (κ3) is 2.97. The molecule has 2 aromatic carbocycles. The molecule has 1 fully saturated rings. The van der Waals surface area contributed by atoms with Crippen molar-refractivity contribution in [1.29, 1.82) is 0 Å². The van der Waals surface area contributed by atoms with Gasteiger partial charge in [-0.05, 0) is 24.3 Å². The van der Waals surface area contributed by atoms with E-state index in [0.717, 1.165) is 0 Å². The average molecular weight is 365 g/mol. The summed E-state index contributed by atoms with van der Waals surface area (Å²) in [7, 11) is 1.29. The average Bonchev–Trinajstić information content (AvgIpc) is 3.09. The molecule has 27 heavy (non-hydrogen) atoms. The minimum absolute atomic E-state index is 0.0288. The molecule has 138 valence electrons. The number of carbonyl (C=O) groups excluding carboxylic acids is 3. The van der Waals surface area contributed by atoms with E-state index in [2.05, 4.69) is 0 Å². The first-order valence-electron chi connectivity index (χ1n) is 8.81. The molecule has 0 bridgehead atoms. The van der Waals surface area contributed by atoms with Crippen LogP contribution in [0.4, 0.5) is 0 Å². The third-order valence-corrected chi connectivity index (χ3v) is 5.16. The van der Waals surface area contributed by atoms with Gasteiger partial charge in [0.05, 0.1) is 36.8 Å². The van der Waals surface area contributed by atoms with Crippen molar-refractivity contribution >= 4 is 17.7 Å². The first kappa shape index (κ1) is 17.3. The van der Waals surface area contributed by atoms with E-state index in [4.69, 9.17) is 9.47 Å². The van der Waals surface area contributed by atoms with E-state index < -0.39 is 11.6 Å². The van der Waals surface area contributed by atoms with Gasteiger partial charge < -0.3 is 14.4 Å². The molecule has 6 nitrogen and oxygen atoms in total. The van der Waals surface area contributed by atoms with Crippen LogP contribution in [0.25, 0.3) is 0 Å². The Bertz CT molecular complexity index is 938. The minimum Gasteiger partial charge on any atom is -0.484 e. The number of hydrogen-bond acceptors (Lipinski definition) is 5. The maximum Gasteiger partial charge on any atom is 0.338 e. The summed E-state index contributed by atoms with van der Waals surface area (Å²) in [5, 5.41) is 0. The van der Waals surface area contributed by atoms with Gasteiger partial charge in [-0.2, -0.15) is 0 Å². The number of methoxy groups -OCH3 is 1. The van der Waals surface area contributed by atoms with Crippen LogP contribution in [0.5, 0.6) is 5.75 Å². The molecule has 0 radical (unpaired) electrons. The van der Waals surface area contributed by atoms with Crippen LogP contribution in [-0.2, 0) is 4.74 Å². The Hall–Kier alpha value is -3.15. The molecular weight excluding hydrogens is 346 g/mol. The molecule has 0 N–H and O–H groups in total. The van der Waals surface area contributed by atoms with Crippen molar-refractivity contribution in [2.75, 3.05) is 20.2 Å². The Balaban J connectivity index is 1.58. The number of esters is 1. The fourth-order valence-corrected chi connectivity index (χ4v) is 3.82. The van der Waals surface area contributed by atoms with E-state index in [9.17, 15) is 14.4 Å². The maximum absolute atomic E-state index is 13.0. The Morgan fingerprint density at radius 3 is 2.56 bits per heavy atom. The van der Waals surface area contributed by atoms with Crippen LogP contribution in [-0.4, -0.2) is 48.4 Å². The summed E-state index contributed by atoms with van der Waals surface area (Å²) in [5.74, 6) is -0.215. The van der Waals surface area contributed by atoms with E-state index in [0.29, 0.717) is 36.4 Å². The highest BCUT2D eigenvalue weighted by atomic mass is 16.5. The fourth-order valence-electron chi connectivity index (χ4n) is 3.82. The quantitative estimate of drug-likeness (QED) is 0.765. The normalized spacial score (nSPS) is 20.9. The van der Waals surface area contributed by atoms with Crippen molar-refractivity contribution in [2.24, 2.45) is 0 Å². The molecule has 1 atom stereocenters. The summed E-state index contributed by atoms with van der Waals surface area (Å²) in [6.07, 6.45) is 0.811. The van der Waals surface area contributed by atoms with Gasteiger partial charge in [-0.15, -0.1) is 0 Å². The van der Waals surface area contributed by atoms with Gasteiger partial charge in [0.15, 0.2) is 5.78 Å². The smallest absolute Gasteiger partial charge is 0.338 e. The summed E-state index contributed by atoms with van der Waals surface area (Å²) in [6.45, 7) is 0.769. The molecule has 6 heteroatoms. The molecule has 0 aromatic heterocycles. The molecule has 2 aliphatic heterocycles. The summed E-state index contributed by atoms with van der Waals surface area (Å²) in [6, 6.07) is 13.8. The minimum atomic E-state index is -0.707. The molecule has 4 rings (SSSR count). The second-order valence-electron chi connectivity index (χ2n) is 6.90. The van der Waals surface area contributed by atoms with Gasteiger partial charge >= 0.3 is 5.97 Å². The number of hydrogen-bond donors (Lipinski definition) is 0. The van der Waals surface area contributed by atoms with Gasteiger partial charge in [-0.3, -0.25) is 9.59 Å². The van der Waals surface area contributed by atoms with Crippen LogP contribution >= 0.6 is 0 Å². The van der Waals surface area contributed by atoms with Gasteiger partial charge in [0.25, 0.3) is 5.91 Å². The lowest BCUT2D eigenvalue weighted by Crippen LogP contribution is -2.45. The second-order valence-corrected chi connectivity index (χ2v) is 6.90. The number of ketones is 1. The molecule has 2 aromatic rings. The lowest BCUT2D eigenvalue weighted by Gasteiger charge is -2.34. The number of rotatable bonds is 2. The molecule has 1 unspecified atom stereocenters. The number of carbonyl (C=O) groups is 3. The second kappa shape index (κ2) is 6.54. The summed E-state index contributed by atoms with van der Waals surface area (Å²) < 4.78 is 10.9. The first-order valence-corrected chi connectivity index (χ1v) is 8.81. The van der Waals surface area contributed by atoms with Gasteiger partial charge in [0.2, 0.25) is 0 Å². The number of nitrogens with zero attached hydrogens (tertiary/aromatic N) is 1. The van der Waals surface area contributed by atoms with E-state index in [1.165, 1.54) is 7.11 Å². The van der Waals surface area contributed by atoms with E-state index in [1.807, 2.05) is 12.1 Å². The largest absolute Gasteiger partial charge is 0.484 e. The SMILES string of the molecule is COC(=O)c1ccccc1C(=O)N1CCC2(CC(=O)c3ccccc3O2)C1. The number of amides is 1. The highest BCUT2D eigenvalue weighted by molar-refractivity contribution is 6.05. The third-order valence-electron chi connectivity index (χ3n) is 5.16. The Morgan fingerprint density at radius 1 is 1.07 bits per heavy atom. The summed E-state index contributed by atoms with van der Waals surface area (Å²) in [5.41, 5.74) is 0.409. The molecule has 1 saturated heterocycles. The number of para-hydroxylation sites is 1. The number of likely N-dealkylation sites (tertiary alicyclic amines) is 1. The predicted octanol–water partition coefficient (Wildman–Crippen LogP) is 2.72. The zero-order valence-electron chi connectivity index (χ0n) is 14.9. The Labute approximate surface area is 156 Å². The Morgan fingerprint density at radius 2 is 1.78 bits per heavy atom. The number of Topliss-reactive ketones (excluding diaryl/α,β-unsaturated/α-hetero) is 1. The molecule has 2 aliphatic rings. The number of benzene rings is 2. The molecule has 0 saturated carbocycles. The lowest BCUT2D eigenvalue weighted by molar-refractivity contribution is 0.0427. The summed E-state index contributed by atoms with van der Waals surface area (Å²) >= 11 is 0. The van der Waals surface area contributed by atoms with Crippen LogP contribution in [0.1, 0.15) is 43.9 Å². The monoisotopic (exact) mass is 365 g/mol. The predicted molar refractivity (Wildman–Crippen MR) is 97.1 cm³/mol. The van der Waals surface area contributed by atoms with E-state index in [-0.39, 0.29) is 23.7 Å². The van der Waals surface area contributed by atoms with Gasteiger partial charge in [0, 0.05) is 13.0 Å². The zero-order valence-corrected chi connectivity index (χ0v) is 14.9. The Kier molecular flexibility index (Phi) is 4.18. The van der Waals surface area contributed by atoms with Gasteiger partial charge in [-0.25, -0.2) is 4.79 Å². The van der Waals surface area contributed by atoms with Crippen LogP contribution in [0, 0.1) is 0 Å². The lowest BCUT2D eigenvalue weighted by atomic mass is 9.89. The number of fused-ring (bicyclic) bond motifs is 1. The van der Waals surface area contributed by atoms with Crippen LogP contribution in [0.2, 0.25) is 0 Å². The highest BCUT2D eigenvalue weighted by Gasteiger charge is 2.47. The fraction of sp³-hybridized carbons (Fsp3) is 0.286. The summed E-state index contributed by atoms with van der Waals surface area (Å²) in [4.78, 5) is 39.2. The van der Waals surface area contributed by atoms with Gasteiger partial charge in [-0.1, -0.05) is 24.3 Å². The van der Waals surface area contributed by atoms with Crippen LogP contribution < -0.4 is 4.74 Å². The molecule has 2 heterocycles. The topological polar surface area (TPSA) is 72.9 Å². The van der Waals surface area contributed by atoms with Crippen molar-refractivity contribution in [2.45, 2.75) is 18.4 Å². The van der Waals surface area contributed by atoms with E-state index in [1.54, 1.807) is 41.3 Å². The highest BCUT2D eigenvalue weighted by Crippen LogP contribution is 2.39.